The zero-order valence-electron chi connectivity index (χ0n) is 15.8. The van der Waals surface area contributed by atoms with Gasteiger partial charge in [-0.25, -0.2) is 13.1 Å². The van der Waals surface area contributed by atoms with Gasteiger partial charge in [-0.2, -0.15) is 0 Å². The normalized spacial score (nSPS) is 18.0. The van der Waals surface area contributed by atoms with Crippen LogP contribution in [0.1, 0.15) is 31.1 Å². The predicted molar refractivity (Wildman–Crippen MR) is 123 cm³/mol. The predicted octanol–water partition coefficient (Wildman–Crippen LogP) is 1.95. The van der Waals surface area contributed by atoms with Crippen molar-refractivity contribution in [3.05, 3.63) is 22.4 Å². The smallest absolute Gasteiger partial charge is 0.213 e. The molecular formula is C17H31IN4O3S2. The van der Waals surface area contributed by atoms with Crippen molar-refractivity contribution in [1.29, 1.82) is 0 Å². The third-order valence-corrected chi connectivity index (χ3v) is 6.29. The maximum absolute atomic E-state index is 12.1. The summed E-state index contributed by atoms with van der Waals surface area (Å²) in [5, 5.41) is 8.44. The van der Waals surface area contributed by atoms with Crippen LogP contribution in [0.3, 0.4) is 0 Å². The summed E-state index contributed by atoms with van der Waals surface area (Å²) in [7, 11) is -3.34. The largest absolute Gasteiger partial charge is 0.377 e. The summed E-state index contributed by atoms with van der Waals surface area (Å²) >= 11 is 1.73. The van der Waals surface area contributed by atoms with E-state index in [2.05, 4.69) is 31.8 Å². The molecule has 7 nitrogen and oxygen atoms in total. The number of guanidine groups is 1. The molecule has 0 bridgehead atoms. The highest BCUT2D eigenvalue weighted by Gasteiger charge is 2.17. The molecule has 1 atom stereocenters. The Morgan fingerprint density at radius 2 is 2.22 bits per heavy atom. The lowest BCUT2D eigenvalue weighted by molar-refractivity contribution is 0.0200. The molecule has 156 valence electrons. The third-order valence-electron chi connectivity index (χ3n) is 4.02. The second-order valence-electron chi connectivity index (χ2n) is 6.17. The first kappa shape index (κ1) is 24.6. The molecule has 3 N–H and O–H groups in total. The summed E-state index contributed by atoms with van der Waals surface area (Å²) in [6, 6.07) is 4.14. The lowest BCUT2D eigenvalue weighted by Gasteiger charge is -2.22. The molecule has 0 radical (unpaired) electrons. The van der Waals surface area contributed by atoms with Crippen LogP contribution in [0.5, 0.6) is 0 Å². The van der Waals surface area contributed by atoms with Crippen molar-refractivity contribution in [1.82, 2.24) is 15.4 Å². The van der Waals surface area contributed by atoms with Crippen LogP contribution in [-0.4, -0.2) is 59.0 Å². The van der Waals surface area contributed by atoms with Gasteiger partial charge in [0, 0.05) is 31.1 Å². The molecule has 0 amide bonds. The first-order valence-corrected chi connectivity index (χ1v) is 11.8. The first-order chi connectivity index (χ1) is 12.6. The summed E-state index contributed by atoms with van der Waals surface area (Å²) in [4.78, 5) is 5.67. The van der Waals surface area contributed by atoms with E-state index in [1.807, 2.05) is 13.0 Å². The number of halogens is 1. The number of nitrogens with zero attached hydrogens (tertiary/aromatic N) is 1. The lowest BCUT2D eigenvalue weighted by Crippen LogP contribution is -2.39. The van der Waals surface area contributed by atoms with Crippen LogP contribution in [0.4, 0.5) is 0 Å². The fourth-order valence-electron chi connectivity index (χ4n) is 2.64. The molecule has 1 aliphatic heterocycles. The van der Waals surface area contributed by atoms with Crippen molar-refractivity contribution in [2.24, 2.45) is 4.99 Å². The van der Waals surface area contributed by atoms with Gasteiger partial charge < -0.3 is 15.4 Å². The Morgan fingerprint density at radius 3 is 2.89 bits per heavy atom. The van der Waals surface area contributed by atoms with Crippen molar-refractivity contribution >= 4 is 51.3 Å². The summed E-state index contributed by atoms with van der Waals surface area (Å²) in [5.41, 5.74) is 0. The molecular weight excluding hydrogens is 499 g/mol. The van der Waals surface area contributed by atoms with Crippen LogP contribution in [0, 0.1) is 0 Å². The quantitative estimate of drug-likeness (QED) is 0.245. The van der Waals surface area contributed by atoms with E-state index in [0.717, 1.165) is 45.4 Å². The first-order valence-electron chi connectivity index (χ1n) is 9.22. The molecule has 2 rings (SSSR count). The zero-order valence-corrected chi connectivity index (χ0v) is 19.7. The van der Waals surface area contributed by atoms with Gasteiger partial charge in [0.2, 0.25) is 10.0 Å². The second kappa shape index (κ2) is 13.7. The molecule has 10 heteroatoms. The summed E-state index contributed by atoms with van der Waals surface area (Å²) in [6.45, 7) is 4.77. The van der Waals surface area contributed by atoms with Crippen molar-refractivity contribution in [2.75, 3.05) is 38.5 Å². The van der Waals surface area contributed by atoms with Gasteiger partial charge in [-0.15, -0.1) is 35.3 Å². The molecule has 1 unspecified atom stereocenters. The maximum atomic E-state index is 12.1. The summed E-state index contributed by atoms with van der Waals surface area (Å²) < 4.78 is 32.4. The van der Waals surface area contributed by atoms with Crippen molar-refractivity contribution in [3.63, 3.8) is 0 Å². The van der Waals surface area contributed by atoms with Gasteiger partial charge in [-0.3, -0.25) is 4.99 Å². The zero-order chi connectivity index (χ0) is 18.7. The molecule has 0 aromatic carbocycles. The van der Waals surface area contributed by atoms with E-state index in [1.54, 1.807) is 11.3 Å². The number of ether oxygens (including phenoxy) is 1. The van der Waals surface area contributed by atoms with E-state index >= 15 is 0 Å². The molecule has 0 saturated carbocycles. The second-order valence-corrected chi connectivity index (χ2v) is 9.13. The van der Waals surface area contributed by atoms with Crippen LogP contribution < -0.4 is 15.4 Å². The van der Waals surface area contributed by atoms with Gasteiger partial charge in [-0.1, -0.05) is 6.07 Å². The lowest BCUT2D eigenvalue weighted by atomic mass is 10.1. The number of nitrogens with one attached hydrogen (secondary N) is 3. The topological polar surface area (TPSA) is 91.8 Å². The van der Waals surface area contributed by atoms with Crippen molar-refractivity contribution < 1.29 is 13.2 Å². The van der Waals surface area contributed by atoms with E-state index in [4.69, 9.17) is 4.74 Å². The summed E-state index contributed by atoms with van der Waals surface area (Å²) in [6.07, 6.45) is 3.99. The van der Waals surface area contributed by atoms with Crippen molar-refractivity contribution in [3.8, 4) is 0 Å². The van der Waals surface area contributed by atoms with Gasteiger partial charge in [0.05, 0.1) is 18.4 Å². The fraction of sp³-hybridized carbons (Fsp3) is 0.706. The molecule has 1 saturated heterocycles. The number of thiophene rings is 1. The molecule has 1 aromatic heterocycles. The van der Waals surface area contributed by atoms with Crippen LogP contribution in [0.2, 0.25) is 0 Å². The highest BCUT2D eigenvalue weighted by molar-refractivity contribution is 14.0. The Kier molecular flexibility index (Phi) is 12.5. The SMILES string of the molecule is CCNC(=NCCS(=O)(=O)NCC1CCCCO1)NCCc1cccs1.I. The molecule has 1 fully saturated rings. The molecule has 1 aliphatic rings. The molecule has 1 aromatic rings. The minimum Gasteiger partial charge on any atom is -0.377 e. The minimum atomic E-state index is -3.34. The Hall–Kier alpha value is -0.430. The Balaban J connectivity index is 0.00000364. The van der Waals surface area contributed by atoms with Gasteiger partial charge in [0.25, 0.3) is 0 Å². The number of hydrogen-bond donors (Lipinski definition) is 3. The van der Waals surface area contributed by atoms with E-state index < -0.39 is 10.0 Å². The molecule has 0 aliphatic carbocycles. The van der Waals surface area contributed by atoms with E-state index in [0.29, 0.717) is 12.5 Å². The number of sulfonamides is 1. The van der Waals surface area contributed by atoms with Crippen LogP contribution in [0.15, 0.2) is 22.5 Å². The van der Waals surface area contributed by atoms with Gasteiger partial charge in [-0.05, 0) is 44.1 Å². The minimum absolute atomic E-state index is 0. The maximum Gasteiger partial charge on any atom is 0.213 e. The number of hydrogen-bond acceptors (Lipinski definition) is 5. The highest BCUT2D eigenvalue weighted by Crippen LogP contribution is 2.11. The van der Waals surface area contributed by atoms with Crippen LogP contribution in [0.25, 0.3) is 0 Å². The molecule has 27 heavy (non-hydrogen) atoms. The monoisotopic (exact) mass is 530 g/mol. The number of aliphatic imine (C=N–C) groups is 1. The average Bonchev–Trinajstić information content (AvgIpc) is 3.14. The highest BCUT2D eigenvalue weighted by atomic mass is 127. The average molecular weight is 530 g/mol. The van der Waals surface area contributed by atoms with Crippen LogP contribution >= 0.6 is 35.3 Å². The Labute approximate surface area is 183 Å². The number of rotatable bonds is 10. The van der Waals surface area contributed by atoms with Crippen molar-refractivity contribution in [2.45, 2.75) is 38.7 Å². The molecule has 0 spiro atoms. The third kappa shape index (κ3) is 10.6. The standard InChI is InChI=1S/C17H30N4O3S2.HI/c1-2-18-17(19-9-8-16-7-5-12-25-16)20-10-13-26(22,23)21-14-15-6-3-4-11-24-15;/h5,7,12,15,21H,2-4,6,8-11,13-14H2,1H3,(H2,18,19,20);1H. The van der Waals surface area contributed by atoms with E-state index in [1.165, 1.54) is 4.88 Å². The summed E-state index contributed by atoms with van der Waals surface area (Å²) in [5.74, 6) is 0.621. The Bertz CT molecular complexity index is 633. The Morgan fingerprint density at radius 1 is 1.37 bits per heavy atom. The van der Waals surface area contributed by atoms with E-state index in [-0.39, 0.29) is 42.4 Å². The van der Waals surface area contributed by atoms with Gasteiger partial charge in [0.15, 0.2) is 5.96 Å². The van der Waals surface area contributed by atoms with Gasteiger partial charge in [0.1, 0.15) is 0 Å². The van der Waals surface area contributed by atoms with Gasteiger partial charge >= 0.3 is 0 Å². The molecule has 2 heterocycles. The fourth-order valence-corrected chi connectivity index (χ4v) is 4.26. The van der Waals surface area contributed by atoms with Crippen LogP contribution in [-0.2, 0) is 21.2 Å². The van der Waals surface area contributed by atoms with E-state index in [9.17, 15) is 8.42 Å².